The lowest BCUT2D eigenvalue weighted by atomic mass is 10.1. The van der Waals surface area contributed by atoms with Gasteiger partial charge in [-0.05, 0) is 19.1 Å². The van der Waals surface area contributed by atoms with Crippen molar-refractivity contribution in [3.8, 4) is 0 Å². The molecule has 1 aromatic rings. The first-order valence-corrected chi connectivity index (χ1v) is 5.33. The molecule has 0 fully saturated rings. The van der Waals surface area contributed by atoms with Gasteiger partial charge in [0.1, 0.15) is 5.82 Å². The summed E-state index contributed by atoms with van der Waals surface area (Å²) in [5, 5.41) is 9.04. The van der Waals surface area contributed by atoms with Gasteiger partial charge in [0.15, 0.2) is 0 Å². The zero-order valence-corrected chi connectivity index (χ0v) is 9.66. The number of carbonyl (C=O) groups excluding carboxylic acids is 2. The number of β-amino-alcohol motifs (C(OH)–C–C–N with tert-alkyl or cyclic N) is 1. The number of ketones is 1. The molecule has 0 bridgehead atoms. The Bertz CT molecular complexity index is 516. The maximum atomic E-state index is 13.3. The molecule has 2 rings (SSSR count). The highest BCUT2D eigenvalue weighted by molar-refractivity contribution is 6.52. The van der Waals surface area contributed by atoms with E-state index in [1.807, 2.05) is 0 Å². The summed E-state index contributed by atoms with van der Waals surface area (Å²) in [6, 6.07) is 2.16. The number of anilines is 1. The Labute approximate surface area is 102 Å². The van der Waals surface area contributed by atoms with E-state index in [9.17, 15) is 19.1 Å². The van der Waals surface area contributed by atoms with Crippen LogP contribution in [0.5, 0.6) is 0 Å². The Morgan fingerprint density at radius 2 is 2.12 bits per heavy atom. The zero-order chi connectivity index (χ0) is 12.7. The van der Waals surface area contributed by atoms with Crippen molar-refractivity contribution in [1.29, 1.82) is 0 Å². The first-order chi connectivity index (χ1) is 7.91. The quantitative estimate of drug-likeness (QED) is 0.815. The molecule has 90 valence electrons. The third-order valence-electron chi connectivity index (χ3n) is 2.46. The number of aliphatic hydroxyl groups is 1. The molecule has 1 heterocycles. The summed E-state index contributed by atoms with van der Waals surface area (Å²) in [4.78, 5) is 24.3. The van der Waals surface area contributed by atoms with E-state index < -0.39 is 23.6 Å². The van der Waals surface area contributed by atoms with E-state index in [2.05, 4.69) is 0 Å². The van der Waals surface area contributed by atoms with E-state index in [1.54, 1.807) is 0 Å². The average molecular weight is 258 g/mol. The van der Waals surface area contributed by atoms with E-state index in [0.717, 1.165) is 17.0 Å². The van der Waals surface area contributed by atoms with E-state index in [4.69, 9.17) is 11.6 Å². The average Bonchev–Trinajstić information content (AvgIpc) is 2.45. The van der Waals surface area contributed by atoms with Crippen molar-refractivity contribution in [2.45, 2.75) is 13.0 Å². The molecule has 4 nitrogen and oxygen atoms in total. The van der Waals surface area contributed by atoms with Crippen LogP contribution >= 0.6 is 11.6 Å². The highest BCUT2D eigenvalue weighted by Crippen LogP contribution is 2.33. The van der Waals surface area contributed by atoms with E-state index >= 15 is 0 Å². The van der Waals surface area contributed by atoms with Gasteiger partial charge in [-0.2, -0.15) is 0 Å². The summed E-state index contributed by atoms with van der Waals surface area (Å²) in [5.74, 6) is -2.21. The van der Waals surface area contributed by atoms with Crippen LogP contribution in [0.25, 0.3) is 0 Å². The Balaban J connectivity index is 2.52. The fourth-order valence-corrected chi connectivity index (χ4v) is 1.90. The largest absolute Gasteiger partial charge is 0.392 e. The maximum absolute atomic E-state index is 13.3. The Kier molecular flexibility index (Phi) is 2.89. The monoisotopic (exact) mass is 257 g/mol. The van der Waals surface area contributed by atoms with Crippen LogP contribution < -0.4 is 4.90 Å². The summed E-state index contributed by atoms with van der Waals surface area (Å²) >= 11 is 5.55. The highest BCUT2D eigenvalue weighted by atomic mass is 35.5. The number of benzene rings is 1. The molecule has 0 saturated carbocycles. The molecule has 1 unspecified atom stereocenters. The van der Waals surface area contributed by atoms with Crippen LogP contribution in [0.4, 0.5) is 10.1 Å². The van der Waals surface area contributed by atoms with Gasteiger partial charge in [0, 0.05) is 0 Å². The number of carbonyl (C=O) groups is 2. The molecule has 0 aromatic heterocycles. The van der Waals surface area contributed by atoms with Crippen LogP contribution in [0, 0.1) is 5.82 Å². The second kappa shape index (κ2) is 4.09. The van der Waals surface area contributed by atoms with Crippen molar-refractivity contribution < 1.29 is 19.1 Å². The summed E-state index contributed by atoms with van der Waals surface area (Å²) in [6.45, 7) is 1.42. The molecule has 17 heavy (non-hydrogen) atoms. The van der Waals surface area contributed by atoms with Crippen LogP contribution in [-0.4, -0.2) is 29.4 Å². The van der Waals surface area contributed by atoms with Gasteiger partial charge in [-0.25, -0.2) is 4.39 Å². The Morgan fingerprint density at radius 3 is 2.71 bits per heavy atom. The molecule has 1 aromatic carbocycles. The van der Waals surface area contributed by atoms with Gasteiger partial charge >= 0.3 is 0 Å². The lowest BCUT2D eigenvalue weighted by Gasteiger charge is -2.18. The first-order valence-electron chi connectivity index (χ1n) is 4.95. The van der Waals surface area contributed by atoms with Crippen LogP contribution in [0.1, 0.15) is 17.3 Å². The Morgan fingerprint density at radius 1 is 1.47 bits per heavy atom. The second-order valence-electron chi connectivity index (χ2n) is 3.88. The van der Waals surface area contributed by atoms with Gasteiger partial charge in [-0.15, -0.1) is 0 Å². The number of hydrogen-bond acceptors (Lipinski definition) is 3. The van der Waals surface area contributed by atoms with E-state index in [1.165, 1.54) is 6.92 Å². The molecular weight excluding hydrogens is 249 g/mol. The van der Waals surface area contributed by atoms with Gasteiger partial charge in [-0.1, -0.05) is 11.6 Å². The highest BCUT2D eigenvalue weighted by Gasteiger charge is 2.37. The minimum absolute atomic E-state index is 0.0569. The second-order valence-corrected chi connectivity index (χ2v) is 4.28. The van der Waals surface area contributed by atoms with Crippen LogP contribution in [0.15, 0.2) is 12.1 Å². The third-order valence-corrected chi connectivity index (χ3v) is 2.75. The number of Topliss-reactive ketones (excluding diaryl/α,β-unsaturated/α-hetero) is 1. The molecule has 6 heteroatoms. The number of rotatable bonds is 2. The fourth-order valence-electron chi connectivity index (χ4n) is 1.73. The molecule has 0 radical (unpaired) electrons. The maximum Gasteiger partial charge on any atom is 0.299 e. The predicted octanol–water partition coefficient (Wildman–Crippen LogP) is 1.39. The molecule has 0 spiro atoms. The van der Waals surface area contributed by atoms with Crippen LogP contribution in [0.3, 0.4) is 0 Å². The van der Waals surface area contributed by atoms with Crippen molar-refractivity contribution in [2.24, 2.45) is 0 Å². The zero-order valence-electron chi connectivity index (χ0n) is 8.91. The topological polar surface area (TPSA) is 57.6 Å². The van der Waals surface area contributed by atoms with Crippen molar-refractivity contribution in [3.05, 3.63) is 28.5 Å². The normalized spacial score (nSPS) is 16.4. The summed E-state index contributed by atoms with van der Waals surface area (Å²) in [6.07, 6.45) is -0.809. The summed E-state index contributed by atoms with van der Waals surface area (Å²) in [5.41, 5.74) is 0.227. The van der Waals surface area contributed by atoms with Crippen molar-refractivity contribution in [3.63, 3.8) is 0 Å². The van der Waals surface area contributed by atoms with Gasteiger partial charge in [0.2, 0.25) is 0 Å². The van der Waals surface area contributed by atoms with Gasteiger partial charge in [0.05, 0.1) is 28.9 Å². The van der Waals surface area contributed by atoms with E-state index in [0.29, 0.717) is 0 Å². The lowest BCUT2D eigenvalue weighted by Crippen LogP contribution is -2.35. The minimum atomic E-state index is -0.809. The fraction of sp³-hybridized carbons (Fsp3) is 0.273. The number of hydrogen-bond donors (Lipinski definition) is 1. The summed E-state index contributed by atoms with van der Waals surface area (Å²) < 4.78 is 13.3. The molecule has 1 aliphatic heterocycles. The molecule has 1 amide bonds. The van der Waals surface area contributed by atoms with Crippen LogP contribution in [-0.2, 0) is 4.79 Å². The van der Waals surface area contributed by atoms with Crippen molar-refractivity contribution in [2.75, 3.05) is 11.4 Å². The van der Waals surface area contributed by atoms with Gasteiger partial charge < -0.3 is 10.0 Å². The standard InChI is InChI=1S/C11H9ClFNO3/c1-5(15)4-14-9-3-8(13)7(12)2-6(9)10(16)11(14)17/h2-3,5,15H,4H2,1H3. The number of aliphatic hydroxyl groups excluding tert-OH is 1. The minimum Gasteiger partial charge on any atom is -0.392 e. The number of fused-ring (bicyclic) bond motifs is 1. The molecule has 1 N–H and O–H groups in total. The van der Waals surface area contributed by atoms with Crippen molar-refractivity contribution in [1.82, 2.24) is 0 Å². The van der Waals surface area contributed by atoms with Crippen LogP contribution in [0.2, 0.25) is 5.02 Å². The molecular formula is C11H9ClFNO3. The van der Waals surface area contributed by atoms with E-state index in [-0.39, 0.29) is 22.8 Å². The van der Waals surface area contributed by atoms with Gasteiger partial charge in [-0.3, -0.25) is 9.59 Å². The molecule has 0 aliphatic carbocycles. The SMILES string of the molecule is CC(O)CN1C(=O)C(=O)c2cc(Cl)c(F)cc21. The number of nitrogens with zero attached hydrogens (tertiary/aromatic N) is 1. The first kappa shape index (κ1) is 12.0. The Hall–Kier alpha value is -1.46. The smallest absolute Gasteiger partial charge is 0.299 e. The summed E-state index contributed by atoms with van der Waals surface area (Å²) in [7, 11) is 0. The predicted molar refractivity (Wildman–Crippen MR) is 59.8 cm³/mol. The van der Waals surface area contributed by atoms with Gasteiger partial charge in [0.25, 0.3) is 11.7 Å². The third kappa shape index (κ3) is 1.92. The number of amides is 1. The molecule has 1 aliphatic rings. The van der Waals surface area contributed by atoms with Crippen molar-refractivity contribution >= 4 is 29.0 Å². The lowest BCUT2D eigenvalue weighted by molar-refractivity contribution is -0.114. The number of halogens is 2. The molecule has 0 saturated heterocycles. The molecule has 1 atom stereocenters.